The van der Waals surface area contributed by atoms with E-state index in [-0.39, 0.29) is 17.5 Å². The maximum atomic E-state index is 12.8. The van der Waals surface area contributed by atoms with Gasteiger partial charge in [0.25, 0.3) is 0 Å². The molecule has 1 heterocycles. The number of ether oxygens (including phenoxy) is 1. The topological polar surface area (TPSA) is 61.8 Å². The molecule has 1 amide bonds. The number of β-amino-alcohol motifs (C(OH)–C–C–N with tert-alkyl or cyclic N) is 1. The Balaban J connectivity index is 2.81. The number of carbonyl (C=O) groups is 1. The van der Waals surface area contributed by atoms with Gasteiger partial charge in [0, 0.05) is 24.6 Å². The third-order valence-corrected chi connectivity index (χ3v) is 4.15. The highest BCUT2D eigenvalue weighted by Gasteiger charge is 2.42. The maximum absolute atomic E-state index is 12.8. The van der Waals surface area contributed by atoms with Gasteiger partial charge in [-0.25, -0.2) is 0 Å². The van der Waals surface area contributed by atoms with Crippen molar-refractivity contribution < 1.29 is 14.6 Å². The largest absolute Gasteiger partial charge is 0.391 e. The van der Waals surface area contributed by atoms with Crippen molar-refractivity contribution in [3.63, 3.8) is 0 Å². The first-order chi connectivity index (χ1) is 9.13. The summed E-state index contributed by atoms with van der Waals surface area (Å²) in [6.07, 6.45) is 0.902. The van der Waals surface area contributed by atoms with Gasteiger partial charge in [0.1, 0.15) is 0 Å². The van der Waals surface area contributed by atoms with Crippen LogP contribution >= 0.6 is 0 Å². The Kier molecular flexibility index (Phi) is 5.58. The summed E-state index contributed by atoms with van der Waals surface area (Å²) in [6.45, 7) is 9.03. The van der Waals surface area contributed by atoms with E-state index < -0.39 is 11.5 Å². The Morgan fingerprint density at radius 1 is 1.40 bits per heavy atom. The van der Waals surface area contributed by atoms with Gasteiger partial charge in [0.2, 0.25) is 5.91 Å². The molecule has 1 aliphatic rings. The molecule has 20 heavy (non-hydrogen) atoms. The van der Waals surface area contributed by atoms with E-state index in [1.807, 2.05) is 20.9 Å². The monoisotopic (exact) mass is 286 g/mol. The average molecular weight is 286 g/mol. The maximum Gasteiger partial charge on any atom is 0.228 e. The summed E-state index contributed by atoms with van der Waals surface area (Å²) in [5.74, 6) is 0.0967. The molecule has 1 fully saturated rings. The van der Waals surface area contributed by atoms with Gasteiger partial charge < -0.3 is 20.1 Å². The fourth-order valence-corrected chi connectivity index (χ4v) is 3.15. The molecular formula is C15H30N2O3. The van der Waals surface area contributed by atoms with Crippen LogP contribution in [0.5, 0.6) is 0 Å². The van der Waals surface area contributed by atoms with Gasteiger partial charge >= 0.3 is 0 Å². The molecule has 0 saturated carbocycles. The van der Waals surface area contributed by atoms with E-state index in [4.69, 9.17) is 4.74 Å². The van der Waals surface area contributed by atoms with Crippen LogP contribution in [-0.2, 0) is 9.53 Å². The quantitative estimate of drug-likeness (QED) is 0.765. The van der Waals surface area contributed by atoms with Crippen LogP contribution in [0.15, 0.2) is 0 Å². The number of methoxy groups -OCH3 is 1. The van der Waals surface area contributed by atoms with Gasteiger partial charge in [-0.3, -0.25) is 4.79 Å². The molecule has 2 N–H and O–H groups in total. The fourth-order valence-electron chi connectivity index (χ4n) is 3.15. The van der Waals surface area contributed by atoms with Crippen LogP contribution in [-0.4, -0.2) is 60.9 Å². The second kappa shape index (κ2) is 6.41. The number of aliphatic hydroxyl groups excluding tert-OH is 1. The SMILES string of the molecule is CNC(C)(C)CC(C)(C)C(=O)N1C[C@H](O)C[C@H]1COC. The van der Waals surface area contributed by atoms with Gasteiger partial charge in [-0.1, -0.05) is 13.8 Å². The first-order valence-corrected chi connectivity index (χ1v) is 7.30. The van der Waals surface area contributed by atoms with E-state index in [1.165, 1.54) is 0 Å². The predicted octanol–water partition coefficient (Wildman–Crippen LogP) is 1.01. The number of hydrogen-bond acceptors (Lipinski definition) is 4. The molecule has 0 radical (unpaired) electrons. The van der Waals surface area contributed by atoms with E-state index in [0.717, 1.165) is 6.42 Å². The lowest BCUT2D eigenvalue weighted by atomic mass is 9.79. The standard InChI is InChI=1S/C15H30N2O3/c1-14(2,10-15(3,4)16-5)13(19)17-8-12(18)7-11(17)9-20-6/h11-12,16,18H,7-10H2,1-6H3/t11-,12+/m0/s1. The molecule has 1 rings (SSSR count). The summed E-state index contributed by atoms with van der Waals surface area (Å²) in [6, 6.07) is -0.0144. The normalized spacial score (nSPS) is 24.2. The van der Waals surface area contributed by atoms with Gasteiger partial charge in [-0.15, -0.1) is 0 Å². The molecule has 0 bridgehead atoms. The molecule has 118 valence electrons. The number of hydrogen-bond donors (Lipinski definition) is 2. The first-order valence-electron chi connectivity index (χ1n) is 7.30. The van der Waals surface area contributed by atoms with Gasteiger partial charge in [0.05, 0.1) is 18.8 Å². The minimum absolute atomic E-state index is 0.0144. The molecule has 0 aromatic heterocycles. The zero-order valence-corrected chi connectivity index (χ0v) is 13.7. The van der Waals surface area contributed by atoms with Crippen molar-refractivity contribution in [2.45, 2.75) is 58.2 Å². The Labute approximate surface area is 122 Å². The highest BCUT2D eigenvalue weighted by molar-refractivity contribution is 5.82. The summed E-state index contributed by atoms with van der Waals surface area (Å²) in [5.41, 5.74) is -0.573. The summed E-state index contributed by atoms with van der Waals surface area (Å²) >= 11 is 0. The summed E-state index contributed by atoms with van der Waals surface area (Å²) < 4.78 is 5.17. The minimum atomic E-state index is -0.470. The summed E-state index contributed by atoms with van der Waals surface area (Å²) in [7, 11) is 3.54. The van der Waals surface area contributed by atoms with Crippen molar-refractivity contribution in [2.75, 3.05) is 27.3 Å². The molecule has 5 heteroatoms. The lowest BCUT2D eigenvalue weighted by Gasteiger charge is -2.38. The molecule has 5 nitrogen and oxygen atoms in total. The van der Waals surface area contributed by atoms with Crippen molar-refractivity contribution >= 4 is 5.91 Å². The third kappa shape index (κ3) is 4.17. The molecule has 1 saturated heterocycles. The zero-order chi connectivity index (χ0) is 15.6. The molecule has 1 aliphatic heterocycles. The van der Waals surface area contributed by atoms with Crippen LogP contribution in [0.25, 0.3) is 0 Å². The zero-order valence-electron chi connectivity index (χ0n) is 13.7. The Morgan fingerprint density at radius 3 is 2.50 bits per heavy atom. The summed E-state index contributed by atoms with van der Waals surface area (Å²) in [4.78, 5) is 14.6. The van der Waals surface area contributed by atoms with E-state index >= 15 is 0 Å². The Bertz CT molecular complexity index is 342. The average Bonchev–Trinajstić information content (AvgIpc) is 2.68. The van der Waals surface area contributed by atoms with Crippen LogP contribution in [0, 0.1) is 5.41 Å². The minimum Gasteiger partial charge on any atom is -0.391 e. The molecule has 0 aromatic carbocycles. The predicted molar refractivity (Wildman–Crippen MR) is 79.5 cm³/mol. The van der Waals surface area contributed by atoms with Crippen molar-refractivity contribution in [1.29, 1.82) is 0 Å². The van der Waals surface area contributed by atoms with E-state index in [2.05, 4.69) is 19.2 Å². The second-order valence-electron chi connectivity index (χ2n) is 7.15. The van der Waals surface area contributed by atoms with Crippen LogP contribution in [0.4, 0.5) is 0 Å². The van der Waals surface area contributed by atoms with Crippen molar-refractivity contribution in [2.24, 2.45) is 5.41 Å². The number of nitrogens with zero attached hydrogens (tertiary/aromatic N) is 1. The van der Waals surface area contributed by atoms with Gasteiger partial charge in [-0.05, 0) is 33.7 Å². The smallest absolute Gasteiger partial charge is 0.228 e. The van der Waals surface area contributed by atoms with Gasteiger partial charge in [0.15, 0.2) is 0 Å². The van der Waals surface area contributed by atoms with Crippen LogP contribution in [0.3, 0.4) is 0 Å². The lowest BCUT2D eigenvalue weighted by Crippen LogP contribution is -2.50. The number of likely N-dealkylation sites (tertiary alicyclic amines) is 1. The molecular weight excluding hydrogens is 256 g/mol. The number of carbonyl (C=O) groups excluding carboxylic acids is 1. The number of amides is 1. The number of nitrogens with one attached hydrogen (secondary N) is 1. The highest BCUT2D eigenvalue weighted by Crippen LogP contribution is 2.32. The highest BCUT2D eigenvalue weighted by atomic mass is 16.5. The van der Waals surface area contributed by atoms with Crippen molar-refractivity contribution in [1.82, 2.24) is 10.2 Å². The van der Waals surface area contributed by atoms with Crippen LogP contribution < -0.4 is 5.32 Å². The Morgan fingerprint density at radius 2 is 2.00 bits per heavy atom. The third-order valence-electron chi connectivity index (χ3n) is 4.15. The molecule has 0 unspecified atom stereocenters. The van der Waals surface area contributed by atoms with Crippen LogP contribution in [0.2, 0.25) is 0 Å². The second-order valence-corrected chi connectivity index (χ2v) is 7.15. The van der Waals surface area contributed by atoms with E-state index in [9.17, 15) is 9.90 Å². The van der Waals surface area contributed by atoms with E-state index in [1.54, 1.807) is 12.0 Å². The fraction of sp³-hybridized carbons (Fsp3) is 0.933. The number of aliphatic hydroxyl groups is 1. The molecule has 0 aliphatic carbocycles. The Hall–Kier alpha value is -0.650. The number of rotatable bonds is 6. The van der Waals surface area contributed by atoms with Crippen molar-refractivity contribution in [3.05, 3.63) is 0 Å². The first kappa shape index (κ1) is 17.4. The van der Waals surface area contributed by atoms with E-state index in [0.29, 0.717) is 19.6 Å². The molecule has 0 aromatic rings. The lowest BCUT2D eigenvalue weighted by molar-refractivity contribution is -0.143. The van der Waals surface area contributed by atoms with Gasteiger partial charge in [-0.2, -0.15) is 0 Å². The molecule has 0 spiro atoms. The van der Waals surface area contributed by atoms with Crippen molar-refractivity contribution in [3.8, 4) is 0 Å². The summed E-state index contributed by atoms with van der Waals surface area (Å²) in [5, 5.41) is 13.1. The van der Waals surface area contributed by atoms with Crippen LogP contribution in [0.1, 0.15) is 40.5 Å². The molecule has 2 atom stereocenters.